The summed E-state index contributed by atoms with van der Waals surface area (Å²) in [5, 5.41) is 3.44. The zero-order valence-electron chi connectivity index (χ0n) is 13.3. The predicted octanol–water partition coefficient (Wildman–Crippen LogP) is 5.00. The first-order chi connectivity index (χ1) is 9.50. The molecule has 3 heteroatoms. The van der Waals surface area contributed by atoms with Crippen LogP contribution in [0.25, 0.3) is 0 Å². The Kier molecular flexibility index (Phi) is 8.24. The lowest BCUT2D eigenvalue weighted by atomic mass is 10.1. The van der Waals surface area contributed by atoms with Crippen molar-refractivity contribution >= 4 is 15.9 Å². The number of unbranched alkanes of at least 4 members (excludes halogenated alkanes) is 3. The van der Waals surface area contributed by atoms with Gasteiger partial charge in [-0.1, -0.05) is 42.6 Å². The molecule has 1 aromatic carbocycles. The number of aryl methyl sites for hydroxylation is 2. The Labute approximate surface area is 132 Å². The van der Waals surface area contributed by atoms with Crippen LogP contribution < -0.4 is 10.1 Å². The summed E-state index contributed by atoms with van der Waals surface area (Å²) in [5.41, 5.74) is 2.47. The molecule has 114 valence electrons. The van der Waals surface area contributed by atoms with E-state index in [2.05, 4.69) is 61.1 Å². The van der Waals surface area contributed by atoms with Crippen LogP contribution in [0.3, 0.4) is 0 Å². The molecule has 0 radical (unpaired) electrons. The Morgan fingerprint density at radius 1 is 1.05 bits per heavy atom. The van der Waals surface area contributed by atoms with Gasteiger partial charge in [0.05, 0.1) is 6.61 Å². The molecule has 0 heterocycles. The molecule has 0 saturated carbocycles. The maximum Gasteiger partial charge on any atom is 0.119 e. The van der Waals surface area contributed by atoms with Crippen LogP contribution in [0.5, 0.6) is 5.75 Å². The normalized spacial score (nSPS) is 11.1. The highest BCUT2D eigenvalue weighted by molar-refractivity contribution is 9.10. The second kappa shape index (κ2) is 9.41. The summed E-state index contributed by atoms with van der Waals surface area (Å²) in [6.07, 6.45) is 4.92. The van der Waals surface area contributed by atoms with Crippen molar-refractivity contribution in [3.63, 3.8) is 0 Å². The van der Waals surface area contributed by atoms with Gasteiger partial charge in [-0.3, -0.25) is 0 Å². The SMILES string of the molecule is Cc1cc(OCCCCCCNC(C)C)cc(C)c1Br. The van der Waals surface area contributed by atoms with Crippen LogP contribution in [0.4, 0.5) is 0 Å². The van der Waals surface area contributed by atoms with E-state index in [9.17, 15) is 0 Å². The summed E-state index contributed by atoms with van der Waals surface area (Å²) < 4.78 is 7.01. The van der Waals surface area contributed by atoms with Crippen LogP contribution >= 0.6 is 15.9 Å². The van der Waals surface area contributed by atoms with Gasteiger partial charge in [0.25, 0.3) is 0 Å². The average Bonchev–Trinajstić information content (AvgIpc) is 2.38. The molecule has 0 amide bonds. The largest absolute Gasteiger partial charge is 0.494 e. The van der Waals surface area contributed by atoms with Crippen molar-refractivity contribution in [2.45, 2.75) is 59.4 Å². The summed E-state index contributed by atoms with van der Waals surface area (Å²) in [4.78, 5) is 0. The molecule has 20 heavy (non-hydrogen) atoms. The van der Waals surface area contributed by atoms with E-state index < -0.39 is 0 Å². The van der Waals surface area contributed by atoms with Crippen LogP contribution in [0.2, 0.25) is 0 Å². The van der Waals surface area contributed by atoms with Gasteiger partial charge < -0.3 is 10.1 Å². The Hall–Kier alpha value is -0.540. The van der Waals surface area contributed by atoms with Gasteiger partial charge in [0, 0.05) is 10.5 Å². The molecule has 0 unspecified atom stereocenters. The van der Waals surface area contributed by atoms with Crippen LogP contribution in [0.1, 0.15) is 50.7 Å². The van der Waals surface area contributed by atoms with Crippen molar-refractivity contribution < 1.29 is 4.74 Å². The lowest BCUT2D eigenvalue weighted by Crippen LogP contribution is -2.23. The number of nitrogens with one attached hydrogen (secondary N) is 1. The number of benzene rings is 1. The third kappa shape index (κ3) is 6.76. The van der Waals surface area contributed by atoms with Crippen molar-refractivity contribution in [1.82, 2.24) is 5.32 Å². The topological polar surface area (TPSA) is 21.3 Å². The lowest BCUT2D eigenvalue weighted by molar-refractivity contribution is 0.304. The third-order valence-electron chi connectivity index (χ3n) is 3.30. The highest BCUT2D eigenvalue weighted by Gasteiger charge is 2.03. The molecule has 0 saturated heterocycles. The summed E-state index contributed by atoms with van der Waals surface area (Å²) in [6.45, 7) is 10.5. The molecule has 0 atom stereocenters. The minimum Gasteiger partial charge on any atom is -0.494 e. The fourth-order valence-corrected chi connectivity index (χ4v) is 2.38. The molecule has 0 fully saturated rings. The Bertz CT molecular complexity index is 381. The van der Waals surface area contributed by atoms with Crippen LogP contribution in [0, 0.1) is 13.8 Å². The first kappa shape index (κ1) is 17.5. The minimum absolute atomic E-state index is 0.599. The summed E-state index contributed by atoms with van der Waals surface area (Å²) >= 11 is 3.58. The van der Waals surface area contributed by atoms with E-state index in [0.29, 0.717) is 6.04 Å². The average molecular weight is 342 g/mol. The van der Waals surface area contributed by atoms with E-state index in [1.165, 1.54) is 34.9 Å². The Balaban J connectivity index is 2.13. The van der Waals surface area contributed by atoms with E-state index >= 15 is 0 Å². The van der Waals surface area contributed by atoms with Gasteiger partial charge in [0.2, 0.25) is 0 Å². The lowest BCUT2D eigenvalue weighted by Gasteiger charge is -2.10. The summed E-state index contributed by atoms with van der Waals surface area (Å²) in [7, 11) is 0. The second-order valence-electron chi connectivity index (χ2n) is 5.74. The number of hydrogen-bond donors (Lipinski definition) is 1. The molecule has 0 aliphatic carbocycles. The van der Waals surface area contributed by atoms with Crippen molar-refractivity contribution in [3.8, 4) is 5.75 Å². The molecule has 1 rings (SSSR count). The van der Waals surface area contributed by atoms with Crippen LogP contribution in [0.15, 0.2) is 16.6 Å². The molecule has 0 aliphatic heterocycles. The van der Waals surface area contributed by atoms with Gasteiger partial charge in [0.1, 0.15) is 5.75 Å². The van der Waals surface area contributed by atoms with Gasteiger partial charge in [0.15, 0.2) is 0 Å². The van der Waals surface area contributed by atoms with E-state index in [0.717, 1.165) is 25.3 Å². The van der Waals surface area contributed by atoms with Gasteiger partial charge >= 0.3 is 0 Å². The fraction of sp³-hybridized carbons (Fsp3) is 0.647. The van der Waals surface area contributed by atoms with Crippen molar-refractivity contribution in [1.29, 1.82) is 0 Å². The minimum atomic E-state index is 0.599. The maximum absolute atomic E-state index is 5.83. The highest BCUT2D eigenvalue weighted by atomic mass is 79.9. The van der Waals surface area contributed by atoms with Crippen LogP contribution in [-0.2, 0) is 0 Å². The Morgan fingerprint density at radius 3 is 2.25 bits per heavy atom. The number of ether oxygens (including phenoxy) is 1. The van der Waals surface area contributed by atoms with Gasteiger partial charge in [-0.05, 0) is 56.5 Å². The molecule has 2 nitrogen and oxygen atoms in total. The zero-order chi connectivity index (χ0) is 15.0. The number of hydrogen-bond acceptors (Lipinski definition) is 2. The predicted molar refractivity (Wildman–Crippen MR) is 90.7 cm³/mol. The molecular weight excluding hydrogens is 314 g/mol. The van der Waals surface area contributed by atoms with Gasteiger partial charge in [-0.25, -0.2) is 0 Å². The fourth-order valence-electron chi connectivity index (χ4n) is 2.15. The van der Waals surface area contributed by atoms with Crippen LogP contribution in [-0.4, -0.2) is 19.2 Å². The third-order valence-corrected chi connectivity index (χ3v) is 4.55. The van der Waals surface area contributed by atoms with E-state index in [1.54, 1.807) is 0 Å². The Morgan fingerprint density at radius 2 is 1.65 bits per heavy atom. The van der Waals surface area contributed by atoms with Crippen molar-refractivity contribution in [2.75, 3.05) is 13.2 Å². The molecule has 0 bridgehead atoms. The molecular formula is C17H28BrNO. The smallest absolute Gasteiger partial charge is 0.119 e. The van der Waals surface area contributed by atoms with E-state index in [-0.39, 0.29) is 0 Å². The molecule has 0 aliphatic rings. The quantitative estimate of drug-likeness (QED) is 0.638. The molecule has 0 aromatic heterocycles. The number of halogens is 1. The monoisotopic (exact) mass is 341 g/mol. The maximum atomic E-state index is 5.83. The van der Waals surface area contributed by atoms with E-state index in [1.807, 2.05) is 0 Å². The van der Waals surface area contributed by atoms with Crippen molar-refractivity contribution in [2.24, 2.45) is 0 Å². The first-order valence-electron chi connectivity index (χ1n) is 7.63. The summed E-state index contributed by atoms with van der Waals surface area (Å²) in [6, 6.07) is 4.80. The number of rotatable bonds is 9. The molecule has 0 spiro atoms. The summed E-state index contributed by atoms with van der Waals surface area (Å²) in [5.74, 6) is 0.990. The highest BCUT2D eigenvalue weighted by Crippen LogP contribution is 2.26. The molecule has 1 N–H and O–H groups in total. The van der Waals surface area contributed by atoms with Gasteiger partial charge in [-0.2, -0.15) is 0 Å². The van der Waals surface area contributed by atoms with Crippen molar-refractivity contribution in [3.05, 3.63) is 27.7 Å². The van der Waals surface area contributed by atoms with Gasteiger partial charge in [-0.15, -0.1) is 0 Å². The second-order valence-corrected chi connectivity index (χ2v) is 6.54. The molecule has 1 aromatic rings. The van der Waals surface area contributed by atoms with E-state index in [4.69, 9.17) is 4.74 Å². The standard InChI is InChI=1S/C17H28BrNO/c1-13(2)19-9-7-5-6-8-10-20-16-11-14(3)17(18)15(4)12-16/h11-13,19H,5-10H2,1-4H3. The zero-order valence-corrected chi connectivity index (χ0v) is 14.8. The first-order valence-corrected chi connectivity index (χ1v) is 8.43.